The van der Waals surface area contributed by atoms with Gasteiger partial charge >= 0.3 is 0 Å². The van der Waals surface area contributed by atoms with Gasteiger partial charge < -0.3 is 20.6 Å². The Hall–Kier alpha value is -1.43. The molecule has 0 aliphatic rings. The Morgan fingerprint density at radius 1 is 0.727 bits per heavy atom. The summed E-state index contributed by atoms with van der Waals surface area (Å²) in [5, 5.41) is 32.8. The molecule has 5 heteroatoms. The van der Waals surface area contributed by atoms with Crippen molar-refractivity contribution in [2.75, 3.05) is 6.61 Å². The van der Waals surface area contributed by atoms with Crippen molar-refractivity contribution in [2.24, 2.45) is 0 Å². The summed E-state index contributed by atoms with van der Waals surface area (Å²) in [5.74, 6) is -0.201. The molecule has 0 saturated heterocycles. The van der Waals surface area contributed by atoms with Gasteiger partial charge in [0.25, 0.3) is 0 Å². The number of carbonyl (C=O) groups is 1. The monoisotopic (exact) mass is 465 g/mol. The minimum atomic E-state index is -1.17. The van der Waals surface area contributed by atoms with Gasteiger partial charge in [-0.05, 0) is 64.2 Å². The van der Waals surface area contributed by atoms with Gasteiger partial charge in [-0.1, -0.05) is 76.0 Å². The summed E-state index contributed by atoms with van der Waals surface area (Å²) < 4.78 is 0. The molecule has 0 bridgehead atoms. The summed E-state index contributed by atoms with van der Waals surface area (Å²) in [6.45, 7) is 3.98. The van der Waals surface area contributed by atoms with Crippen molar-refractivity contribution < 1.29 is 20.1 Å². The molecule has 5 nitrogen and oxygen atoms in total. The number of aliphatic hydroxyl groups excluding tert-OH is 3. The SMILES string of the molecule is CCC/C=C/CC/C=C/CCCC(O)C(O)C(CO)NC(=O)CCC/C=C\CCCCCC. The normalized spacial score (nSPS) is 14.9. The lowest BCUT2D eigenvalue weighted by atomic mass is 10.0. The van der Waals surface area contributed by atoms with Gasteiger partial charge in [-0.15, -0.1) is 0 Å². The molecule has 0 spiro atoms. The molecule has 0 aromatic heterocycles. The molecule has 3 atom stereocenters. The van der Waals surface area contributed by atoms with E-state index in [1.807, 2.05) is 0 Å². The highest BCUT2D eigenvalue weighted by Gasteiger charge is 2.26. The molecular weight excluding hydrogens is 414 g/mol. The van der Waals surface area contributed by atoms with Crippen molar-refractivity contribution in [3.8, 4) is 0 Å². The predicted molar refractivity (Wildman–Crippen MR) is 139 cm³/mol. The Labute approximate surface area is 203 Å². The van der Waals surface area contributed by atoms with Gasteiger partial charge in [-0.25, -0.2) is 0 Å². The molecule has 0 aliphatic carbocycles. The molecule has 192 valence electrons. The number of hydrogen-bond acceptors (Lipinski definition) is 4. The van der Waals surface area contributed by atoms with Crippen LogP contribution in [0.15, 0.2) is 36.5 Å². The minimum Gasteiger partial charge on any atom is -0.394 e. The zero-order valence-electron chi connectivity index (χ0n) is 21.3. The molecule has 3 unspecified atom stereocenters. The van der Waals surface area contributed by atoms with E-state index in [-0.39, 0.29) is 5.91 Å². The minimum absolute atomic E-state index is 0.201. The van der Waals surface area contributed by atoms with Crippen molar-refractivity contribution in [1.29, 1.82) is 0 Å². The number of rotatable bonds is 22. The van der Waals surface area contributed by atoms with E-state index in [2.05, 4.69) is 55.6 Å². The molecule has 0 radical (unpaired) electrons. The molecule has 4 N–H and O–H groups in total. The topological polar surface area (TPSA) is 89.8 Å². The summed E-state index contributed by atoms with van der Waals surface area (Å²) in [5.41, 5.74) is 0. The van der Waals surface area contributed by atoms with E-state index in [9.17, 15) is 20.1 Å². The lowest BCUT2D eigenvalue weighted by Gasteiger charge is -2.26. The van der Waals surface area contributed by atoms with Crippen LogP contribution in [-0.2, 0) is 4.79 Å². The Bertz CT molecular complexity index is 530. The second-order valence-electron chi connectivity index (χ2n) is 8.87. The molecule has 0 aliphatic heterocycles. The van der Waals surface area contributed by atoms with E-state index in [1.165, 1.54) is 32.1 Å². The number of nitrogens with one attached hydrogen (secondary N) is 1. The highest BCUT2D eigenvalue weighted by molar-refractivity contribution is 5.76. The first-order valence-corrected chi connectivity index (χ1v) is 13.3. The van der Waals surface area contributed by atoms with Crippen LogP contribution < -0.4 is 5.32 Å². The van der Waals surface area contributed by atoms with E-state index < -0.39 is 24.9 Å². The summed E-state index contributed by atoms with van der Waals surface area (Å²) in [6, 6.07) is -0.841. The number of aliphatic hydroxyl groups is 3. The van der Waals surface area contributed by atoms with E-state index >= 15 is 0 Å². The van der Waals surface area contributed by atoms with Gasteiger partial charge in [0, 0.05) is 6.42 Å². The van der Waals surface area contributed by atoms with Crippen LogP contribution in [0.25, 0.3) is 0 Å². The number of allylic oxidation sites excluding steroid dienone is 6. The van der Waals surface area contributed by atoms with Crippen LogP contribution in [0.2, 0.25) is 0 Å². The van der Waals surface area contributed by atoms with E-state index in [1.54, 1.807) is 0 Å². The number of carbonyl (C=O) groups excluding carboxylic acids is 1. The summed E-state index contributed by atoms with van der Waals surface area (Å²) in [4.78, 5) is 12.1. The maximum atomic E-state index is 12.1. The van der Waals surface area contributed by atoms with Crippen LogP contribution >= 0.6 is 0 Å². The van der Waals surface area contributed by atoms with Crippen molar-refractivity contribution >= 4 is 5.91 Å². The standard InChI is InChI=1S/C28H51NO4/c1-3-5-7-9-11-13-15-16-18-20-22-26(31)28(33)25(24-30)29-27(32)23-21-19-17-14-12-10-8-6-4-2/h7,9,14-17,25-26,28,30-31,33H,3-6,8,10-13,18-24H2,1-2H3,(H,29,32)/b9-7+,16-15+,17-14-. The summed E-state index contributed by atoms with van der Waals surface area (Å²) in [6.07, 6.45) is 25.3. The first-order valence-electron chi connectivity index (χ1n) is 13.3. The molecule has 0 rings (SSSR count). The van der Waals surface area contributed by atoms with Gasteiger partial charge in [0.05, 0.1) is 18.8 Å². The van der Waals surface area contributed by atoms with Gasteiger partial charge in [0.15, 0.2) is 0 Å². The van der Waals surface area contributed by atoms with Crippen LogP contribution in [0.4, 0.5) is 0 Å². The summed E-state index contributed by atoms with van der Waals surface area (Å²) >= 11 is 0. The van der Waals surface area contributed by atoms with Crippen molar-refractivity contribution in [1.82, 2.24) is 5.32 Å². The average Bonchev–Trinajstić information content (AvgIpc) is 2.82. The van der Waals surface area contributed by atoms with Gasteiger partial charge in [0.2, 0.25) is 5.91 Å². The van der Waals surface area contributed by atoms with E-state index in [0.29, 0.717) is 12.8 Å². The molecular formula is C28H51NO4. The third kappa shape index (κ3) is 19.7. The lowest BCUT2D eigenvalue weighted by molar-refractivity contribution is -0.124. The van der Waals surface area contributed by atoms with Crippen LogP contribution in [0.1, 0.15) is 110 Å². The summed E-state index contributed by atoms with van der Waals surface area (Å²) in [7, 11) is 0. The lowest BCUT2D eigenvalue weighted by Crippen LogP contribution is -2.50. The quantitative estimate of drug-likeness (QED) is 0.121. The van der Waals surface area contributed by atoms with Crippen molar-refractivity contribution in [3.05, 3.63) is 36.5 Å². The number of hydrogen-bond donors (Lipinski definition) is 4. The fourth-order valence-corrected chi connectivity index (χ4v) is 3.54. The van der Waals surface area contributed by atoms with E-state index in [4.69, 9.17) is 0 Å². The molecule has 0 aromatic rings. The maximum absolute atomic E-state index is 12.1. The molecule has 0 heterocycles. The fourth-order valence-electron chi connectivity index (χ4n) is 3.54. The highest BCUT2D eigenvalue weighted by Crippen LogP contribution is 2.10. The third-order valence-electron chi connectivity index (χ3n) is 5.67. The Balaban J connectivity index is 3.98. The first kappa shape index (κ1) is 31.6. The Morgan fingerprint density at radius 3 is 1.91 bits per heavy atom. The molecule has 0 saturated carbocycles. The maximum Gasteiger partial charge on any atom is 0.220 e. The zero-order valence-corrected chi connectivity index (χ0v) is 21.3. The van der Waals surface area contributed by atoms with Crippen molar-refractivity contribution in [3.63, 3.8) is 0 Å². The number of unbranched alkanes of at least 4 members (excludes halogenated alkanes) is 8. The second kappa shape index (κ2) is 23.7. The molecule has 0 aromatic carbocycles. The number of amides is 1. The van der Waals surface area contributed by atoms with Gasteiger partial charge in [-0.2, -0.15) is 0 Å². The second-order valence-corrected chi connectivity index (χ2v) is 8.87. The smallest absolute Gasteiger partial charge is 0.220 e. The zero-order chi connectivity index (χ0) is 24.6. The Kier molecular flexibility index (Phi) is 22.7. The molecule has 0 fully saturated rings. The van der Waals surface area contributed by atoms with Crippen LogP contribution in [0, 0.1) is 0 Å². The van der Waals surface area contributed by atoms with Crippen LogP contribution in [0.3, 0.4) is 0 Å². The van der Waals surface area contributed by atoms with Gasteiger partial charge in [-0.3, -0.25) is 4.79 Å². The average molecular weight is 466 g/mol. The Morgan fingerprint density at radius 2 is 1.30 bits per heavy atom. The van der Waals surface area contributed by atoms with E-state index in [0.717, 1.165) is 51.4 Å². The molecule has 1 amide bonds. The fraction of sp³-hybridized carbons (Fsp3) is 0.750. The van der Waals surface area contributed by atoms with Crippen LogP contribution in [0.5, 0.6) is 0 Å². The molecule has 33 heavy (non-hydrogen) atoms. The first-order chi connectivity index (χ1) is 16.1. The third-order valence-corrected chi connectivity index (χ3v) is 5.67. The predicted octanol–water partition coefficient (Wildman–Crippen LogP) is 5.75. The largest absolute Gasteiger partial charge is 0.394 e. The van der Waals surface area contributed by atoms with Crippen LogP contribution in [-0.4, -0.2) is 46.1 Å². The van der Waals surface area contributed by atoms with Gasteiger partial charge in [0.1, 0.15) is 6.10 Å². The highest BCUT2D eigenvalue weighted by atomic mass is 16.3. The van der Waals surface area contributed by atoms with Crippen molar-refractivity contribution in [2.45, 2.75) is 128 Å².